The molecule has 2 aliphatic heterocycles. The minimum atomic E-state index is 0. The molecule has 3 heterocycles. The van der Waals surface area contributed by atoms with E-state index >= 15 is 0 Å². The Balaban J connectivity index is 0.00000176. The summed E-state index contributed by atoms with van der Waals surface area (Å²) in [4.78, 5) is 28.6. The van der Waals surface area contributed by atoms with Crippen LogP contribution in [0.3, 0.4) is 0 Å². The van der Waals surface area contributed by atoms with Gasteiger partial charge in [-0.1, -0.05) is 0 Å². The maximum atomic E-state index is 12.3. The van der Waals surface area contributed by atoms with Gasteiger partial charge in [-0.05, 0) is 31.7 Å². The minimum Gasteiger partial charge on any atom is -0.342 e. The summed E-state index contributed by atoms with van der Waals surface area (Å²) in [6.45, 7) is 7.77. The van der Waals surface area contributed by atoms with Gasteiger partial charge in [0.05, 0.1) is 0 Å². The van der Waals surface area contributed by atoms with Crippen molar-refractivity contribution in [2.45, 2.75) is 26.7 Å². The van der Waals surface area contributed by atoms with Crippen LogP contribution >= 0.6 is 23.7 Å². The summed E-state index contributed by atoms with van der Waals surface area (Å²) in [5.41, 5.74) is 0.799. The molecule has 1 aromatic rings. The highest BCUT2D eigenvalue weighted by Gasteiger charge is 2.37. The number of aryl methyl sites for hydroxylation is 2. The number of ketones is 1. The Labute approximate surface area is 141 Å². The van der Waals surface area contributed by atoms with E-state index < -0.39 is 0 Å². The first kappa shape index (κ1) is 17.4. The summed E-state index contributed by atoms with van der Waals surface area (Å²) in [5, 5.41) is 3.37. The van der Waals surface area contributed by atoms with Crippen molar-refractivity contribution >= 4 is 35.4 Å². The van der Waals surface area contributed by atoms with Crippen molar-refractivity contribution in [3.63, 3.8) is 0 Å². The number of thiophene rings is 1. The van der Waals surface area contributed by atoms with Crippen molar-refractivity contribution in [3.8, 4) is 0 Å². The molecule has 0 spiro atoms. The Bertz CT molecular complexity index is 560. The van der Waals surface area contributed by atoms with E-state index in [0.29, 0.717) is 24.7 Å². The van der Waals surface area contributed by atoms with Crippen LogP contribution in [-0.4, -0.2) is 42.8 Å². The van der Waals surface area contributed by atoms with Crippen molar-refractivity contribution in [1.29, 1.82) is 0 Å². The van der Waals surface area contributed by atoms with Crippen LogP contribution < -0.4 is 5.32 Å². The first-order valence-corrected chi connectivity index (χ1v) is 8.45. The Morgan fingerprint density at radius 1 is 1.23 bits per heavy atom. The Morgan fingerprint density at radius 3 is 2.41 bits per heavy atom. The molecule has 0 bridgehead atoms. The van der Waals surface area contributed by atoms with Gasteiger partial charge in [0.2, 0.25) is 5.91 Å². The number of nitrogens with zero attached hydrogens (tertiary/aromatic N) is 1. The number of hydrogen-bond donors (Lipinski definition) is 1. The van der Waals surface area contributed by atoms with E-state index in [0.717, 1.165) is 41.5 Å². The molecule has 0 radical (unpaired) electrons. The number of carbonyl (C=O) groups is 2. The molecule has 2 saturated heterocycles. The zero-order valence-corrected chi connectivity index (χ0v) is 14.7. The number of hydrogen-bond acceptors (Lipinski definition) is 4. The van der Waals surface area contributed by atoms with Gasteiger partial charge in [0, 0.05) is 54.3 Å². The molecule has 2 atom stereocenters. The second kappa shape index (κ2) is 7.11. The number of fused-ring (bicyclic) bond motifs is 1. The Morgan fingerprint density at radius 2 is 1.86 bits per heavy atom. The molecular weight excluding hydrogens is 320 g/mol. The van der Waals surface area contributed by atoms with E-state index in [1.807, 2.05) is 24.8 Å². The zero-order chi connectivity index (χ0) is 15.0. The zero-order valence-electron chi connectivity index (χ0n) is 13.1. The third-order valence-corrected chi connectivity index (χ3v) is 5.62. The number of halogens is 1. The summed E-state index contributed by atoms with van der Waals surface area (Å²) >= 11 is 1.65. The first-order valence-electron chi connectivity index (χ1n) is 7.63. The quantitative estimate of drug-likeness (QED) is 0.855. The fourth-order valence-electron chi connectivity index (χ4n) is 3.48. The fraction of sp³-hybridized carbons (Fsp3) is 0.625. The number of nitrogens with one attached hydrogen (secondary N) is 1. The predicted molar refractivity (Wildman–Crippen MR) is 91.0 cm³/mol. The Kier molecular flexibility index (Phi) is 5.64. The van der Waals surface area contributed by atoms with Crippen LogP contribution in [0.1, 0.15) is 33.0 Å². The fourth-order valence-corrected chi connectivity index (χ4v) is 4.42. The van der Waals surface area contributed by atoms with Crippen LogP contribution in [0.5, 0.6) is 0 Å². The number of Topliss-reactive ketones (excluding diaryl/α,β-unsaturated/α-hetero) is 1. The van der Waals surface area contributed by atoms with Crippen molar-refractivity contribution < 1.29 is 9.59 Å². The smallest absolute Gasteiger partial charge is 0.223 e. The van der Waals surface area contributed by atoms with E-state index in [1.54, 1.807) is 11.3 Å². The largest absolute Gasteiger partial charge is 0.342 e. The molecule has 0 aromatic carbocycles. The maximum absolute atomic E-state index is 12.3. The van der Waals surface area contributed by atoms with E-state index in [2.05, 4.69) is 5.32 Å². The number of carbonyl (C=O) groups excluding carboxylic acids is 2. The minimum absolute atomic E-state index is 0. The van der Waals surface area contributed by atoms with Crippen LogP contribution in [0.15, 0.2) is 6.07 Å². The van der Waals surface area contributed by atoms with Crippen LogP contribution in [0.2, 0.25) is 0 Å². The predicted octanol–water partition coefficient (Wildman–Crippen LogP) is 2.43. The SMILES string of the molecule is Cc1cc(C(=O)CCC(=O)N2C[C@H]3CNC[C@H]3C2)c(C)s1.Cl. The van der Waals surface area contributed by atoms with Gasteiger partial charge in [-0.2, -0.15) is 0 Å². The van der Waals surface area contributed by atoms with Gasteiger partial charge in [0.25, 0.3) is 0 Å². The highest BCUT2D eigenvalue weighted by atomic mass is 35.5. The summed E-state index contributed by atoms with van der Waals surface area (Å²) in [5.74, 6) is 1.48. The van der Waals surface area contributed by atoms with Gasteiger partial charge < -0.3 is 10.2 Å². The normalized spacial score (nSPS) is 23.3. The van der Waals surface area contributed by atoms with E-state index in [4.69, 9.17) is 0 Å². The molecule has 3 rings (SSSR count). The molecule has 0 saturated carbocycles. The van der Waals surface area contributed by atoms with Gasteiger partial charge in [-0.25, -0.2) is 0 Å². The van der Waals surface area contributed by atoms with Crippen molar-refractivity contribution in [3.05, 3.63) is 21.4 Å². The topological polar surface area (TPSA) is 49.4 Å². The second-order valence-corrected chi connectivity index (χ2v) is 7.69. The highest BCUT2D eigenvalue weighted by Crippen LogP contribution is 2.27. The lowest BCUT2D eigenvalue weighted by Gasteiger charge is -2.17. The lowest BCUT2D eigenvalue weighted by atomic mass is 10.0. The highest BCUT2D eigenvalue weighted by molar-refractivity contribution is 7.12. The molecule has 2 fully saturated rings. The van der Waals surface area contributed by atoms with Crippen LogP contribution in [0.4, 0.5) is 0 Å². The average molecular weight is 343 g/mol. The lowest BCUT2D eigenvalue weighted by molar-refractivity contribution is -0.130. The summed E-state index contributed by atoms with van der Waals surface area (Å²) in [7, 11) is 0. The lowest BCUT2D eigenvalue weighted by Crippen LogP contribution is -2.32. The number of likely N-dealkylation sites (tertiary alicyclic amines) is 1. The van der Waals surface area contributed by atoms with Crippen LogP contribution in [0.25, 0.3) is 0 Å². The summed E-state index contributed by atoms with van der Waals surface area (Å²) < 4.78 is 0. The number of rotatable bonds is 4. The van der Waals surface area contributed by atoms with Gasteiger partial charge in [0.15, 0.2) is 5.78 Å². The molecule has 4 nitrogen and oxygen atoms in total. The average Bonchev–Trinajstić information content (AvgIpc) is 3.09. The van der Waals surface area contributed by atoms with Gasteiger partial charge in [-0.15, -0.1) is 23.7 Å². The van der Waals surface area contributed by atoms with Gasteiger partial charge in [0.1, 0.15) is 0 Å². The number of amides is 1. The summed E-state index contributed by atoms with van der Waals surface area (Å²) in [6, 6.07) is 1.94. The van der Waals surface area contributed by atoms with E-state index in [1.165, 1.54) is 0 Å². The van der Waals surface area contributed by atoms with Crippen molar-refractivity contribution in [1.82, 2.24) is 10.2 Å². The molecule has 22 heavy (non-hydrogen) atoms. The molecule has 1 amide bonds. The summed E-state index contributed by atoms with van der Waals surface area (Å²) in [6.07, 6.45) is 0.681. The molecule has 6 heteroatoms. The van der Waals surface area contributed by atoms with Crippen LogP contribution in [-0.2, 0) is 4.79 Å². The van der Waals surface area contributed by atoms with E-state index in [-0.39, 0.29) is 24.1 Å². The standard InChI is InChI=1S/C16H22N2O2S.ClH/c1-10-5-14(11(2)21-10)15(19)3-4-16(20)18-8-12-6-17-7-13(12)9-18;/h5,12-13,17H,3-4,6-9H2,1-2H3;1H/t12-,13+;. The second-order valence-electron chi connectivity index (χ2n) is 6.23. The van der Waals surface area contributed by atoms with Crippen molar-refractivity contribution in [2.75, 3.05) is 26.2 Å². The van der Waals surface area contributed by atoms with Gasteiger partial charge in [-0.3, -0.25) is 9.59 Å². The third kappa shape index (κ3) is 3.53. The first-order chi connectivity index (χ1) is 10.0. The monoisotopic (exact) mass is 342 g/mol. The van der Waals surface area contributed by atoms with E-state index in [9.17, 15) is 9.59 Å². The third-order valence-electron chi connectivity index (χ3n) is 4.65. The maximum Gasteiger partial charge on any atom is 0.223 e. The molecule has 2 aliphatic rings. The molecule has 0 unspecified atom stereocenters. The van der Waals surface area contributed by atoms with Gasteiger partial charge >= 0.3 is 0 Å². The molecule has 1 aromatic heterocycles. The van der Waals surface area contributed by atoms with Crippen LogP contribution in [0, 0.1) is 25.7 Å². The molecule has 1 N–H and O–H groups in total. The Hall–Kier alpha value is -0.910. The molecule has 0 aliphatic carbocycles. The molecular formula is C16H23ClN2O2S. The molecule has 122 valence electrons. The van der Waals surface area contributed by atoms with Crippen molar-refractivity contribution in [2.24, 2.45) is 11.8 Å².